The third kappa shape index (κ3) is 5.02. The number of carbonyl (C=O) groups is 1. The van der Waals surface area contributed by atoms with Crippen molar-refractivity contribution in [3.8, 4) is 22.5 Å². The number of nitrogens with zero attached hydrogens (tertiary/aromatic N) is 3. The number of halogens is 1. The van der Waals surface area contributed by atoms with Gasteiger partial charge in [0, 0.05) is 34.8 Å². The normalized spacial score (nSPS) is 13.7. The monoisotopic (exact) mass is 472 g/mol. The van der Waals surface area contributed by atoms with E-state index in [0.29, 0.717) is 29.5 Å². The molecule has 2 heterocycles. The zero-order valence-electron chi connectivity index (χ0n) is 20.1. The first-order valence-electron chi connectivity index (χ1n) is 11.8. The van der Waals surface area contributed by atoms with Gasteiger partial charge in [-0.3, -0.25) is 4.79 Å². The molecule has 180 valence electrons. The molecule has 2 aromatic carbocycles. The van der Waals surface area contributed by atoms with E-state index in [1.54, 1.807) is 22.8 Å². The van der Waals surface area contributed by atoms with Crippen molar-refractivity contribution in [2.45, 2.75) is 45.2 Å². The summed E-state index contributed by atoms with van der Waals surface area (Å²) in [4.78, 5) is 17.2. The van der Waals surface area contributed by atoms with Gasteiger partial charge in [-0.1, -0.05) is 6.07 Å². The first-order valence-corrected chi connectivity index (χ1v) is 11.8. The van der Waals surface area contributed by atoms with Crippen molar-refractivity contribution in [1.29, 1.82) is 0 Å². The average molecular weight is 473 g/mol. The molecule has 4 N–H and O–H groups in total. The summed E-state index contributed by atoms with van der Waals surface area (Å²) in [6, 6.07) is 14.2. The third-order valence-electron chi connectivity index (χ3n) is 6.02. The zero-order valence-corrected chi connectivity index (χ0v) is 20.1. The summed E-state index contributed by atoms with van der Waals surface area (Å²) in [7, 11) is 0. The molecule has 1 amide bonds. The Bertz CT molecular complexity index is 1400. The number of aromatic nitrogens is 3. The Hall–Kier alpha value is -3.78. The van der Waals surface area contributed by atoms with Crippen LogP contribution in [0.25, 0.3) is 28.2 Å². The molecule has 4 aromatic rings. The summed E-state index contributed by atoms with van der Waals surface area (Å²) in [5, 5.41) is 11.3. The second-order valence-electron chi connectivity index (χ2n) is 9.95. The number of amides is 1. The number of nitrogens with two attached hydrogens (primary N) is 1. The van der Waals surface area contributed by atoms with Gasteiger partial charge in [0.2, 0.25) is 0 Å². The topological polar surface area (TPSA) is 97.3 Å². The maximum Gasteiger partial charge on any atom is 0.251 e. The van der Waals surface area contributed by atoms with Gasteiger partial charge in [0.1, 0.15) is 5.82 Å². The Balaban J connectivity index is 1.58. The molecule has 8 heteroatoms. The number of imidazole rings is 1. The first kappa shape index (κ1) is 23.0. The van der Waals surface area contributed by atoms with Crippen LogP contribution in [0.15, 0.2) is 54.7 Å². The Morgan fingerprint density at radius 2 is 1.86 bits per heavy atom. The van der Waals surface area contributed by atoms with Crippen LogP contribution in [0, 0.1) is 12.7 Å². The van der Waals surface area contributed by atoms with Gasteiger partial charge >= 0.3 is 0 Å². The number of hydrogen-bond acceptors (Lipinski definition) is 5. The average Bonchev–Trinajstić information content (AvgIpc) is 3.52. The van der Waals surface area contributed by atoms with E-state index in [4.69, 9.17) is 10.8 Å². The van der Waals surface area contributed by atoms with E-state index in [1.165, 1.54) is 12.1 Å². The summed E-state index contributed by atoms with van der Waals surface area (Å²) in [6.07, 6.45) is 3.86. The van der Waals surface area contributed by atoms with Crippen LogP contribution in [0.1, 0.15) is 42.6 Å². The minimum Gasteiger partial charge on any atom is -0.380 e. The van der Waals surface area contributed by atoms with Crippen LogP contribution in [-0.2, 0) is 0 Å². The second-order valence-corrected chi connectivity index (χ2v) is 9.95. The van der Waals surface area contributed by atoms with Crippen molar-refractivity contribution in [3.05, 3.63) is 71.7 Å². The lowest BCUT2D eigenvalue weighted by molar-refractivity contribution is 0.0950. The molecule has 1 aliphatic rings. The van der Waals surface area contributed by atoms with Gasteiger partial charge in [-0.2, -0.15) is 5.10 Å². The SMILES string of the molecule is Cc1cc(-c2cnc3c(NCC(C)(C)N)cc(-c4ccc(F)cc4)nn23)ccc1C(=O)NC1CC1. The fraction of sp³-hybridized carbons (Fsp3) is 0.296. The van der Waals surface area contributed by atoms with Gasteiger partial charge in [-0.25, -0.2) is 13.9 Å². The van der Waals surface area contributed by atoms with Gasteiger partial charge in [-0.05, 0) is 81.6 Å². The van der Waals surface area contributed by atoms with E-state index in [0.717, 1.165) is 40.9 Å². The van der Waals surface area contributed by atoms with Crippen LogP contribution < -0.4 is 16.4 Å². The molecule has 1 fully saturated rings. The number of aryl methyl sites for hydroxylation is 1. The zero-order chi connectivity index (χ0) is 24.7. The predicted octanol–water partition coefficient (Wildman–Crippen LogP) is 4.55. The highest BCUT2D eigenvalue weighted by atomic mass is 19.1. The largest absolute Gasteiger partial charge is 0.380 e. The molecule has 1 aliphatic carbocycles. The molecule has 0 radical (unpaired) electrons. The van der Waals surface area contributed by atoms with Gasteiger partial charge in [0.25, 0.3) is 5.91 Å². The minimum absolute atomic E-state index is 0.0395. The number of anilines is 1. The summed E-state index contributed by atoms with van der Waals surface area (Å²) >= 11 is 0. The highest BCUT2D eigenvalue weighted by molar-refractivity contribution is 5.96. The quantitative estimate of drug-likeness (QED) is 0.367. The highest BCUT2D eigenvalue weighted by Crippen LogP contribution is 2.30. The summed E-state index contributed by atoms with van der Waals surface area (Å²) in [5.74, 6) is -0.343. The number of rotatable bonds is 7. The number of carbonyl (C=O) groups excluding carboxylic acids is 1. The molecule has 7 nitrogen and oxygen atoms in total. The molecule has 0 unspecified atom stereocenters. The van der Waals surface area contributed by atoms with Gasteiger partial charge < -0.3 is 16.4 Å². The van der Waals surface area contributed by atoms with Crippen LogP contribution in [0.2, 0.25) is 0 Å². The molecule has 1 saturated carbocycles. The maximum atomic E-state index is 13.5. The van der Waals surface area contributed by atoms with Crippen molar-refractivity contribution in [2.75, 3.05) is 11.9 Å². The maximum absolute atomic E-state index is 13.5. The van der Waals surface area contributed by atoms with Crippen molar-refractivity contribution in [2.24, 2.45) is 5.73 Å². The molecule has 0 atom stereocenters. The van der Waals surface area contributed by atoms with E-state index < -0.39 is 5.54 Å². The Morgan fingerprint density at radius 1 is 1.14 bits per heavy atom. The number of benzene rings is 2. The lowest BCUT2D eigenvalue weighted by Gasteiger charge is -2.20. The van der Waals surface area contributed by atoms with Gasteiger partial charge in [-0.15, -0.1) is 0 Å². The highest BCUT2D eigenvalue weighted by Gasteiger charge is 2.24. The lowest BCUT2D eigenvalue weighted by atomic mass is 10.0. The van der Waals surface area contributed by atoms with Crippen LogP contribution in [0.4, 0.5) is 10.1 Å². The molecule has 2 aromatic heterocycles. The standard InChI is InChI=1S/C27H29FN6O/c1-16-12-18(6-11-21(16)26(35)32-20-9-10-20)24-14-30-25-23(31-15-27(2,3)29)13-22(33-34(24)25)17-4-7-19(28)8-5-17/h4-8,11-14,20,31H,9-10,15,29H2,1-3H3,(H,32,35). The van der Waals surface area contributed by atoms with Gasteiger partial charge in [0.15, 0.2) is 5.65 Å². The van der Waals surface area contributed by atoms with Gasteiger partial charge in [0.05, 0.1) is 23.3 Å². The van der Waals surface area contributed by atoms with Crippen molar-refractivity contribution in [1.82, 2.24) is 19.9 Å². The Morgan fingerprint density at radius 3 is 2.51 bits per heavy atom. The lowest BCUT2D eigenvalue weighted by Crippen LogP contribution is -2.39. The van der Waals surface area contributed by atoms with Crippen LogP contribution in [-0.4, -0.2) is 38.6 Å². The molecule has 0 spiro atoms. The van der Waals surface area contributed by atoms with E-state index in [9.17, 15) is 9.18 Å². The van der Waals surface area contributed by atoms with E-state index >= 15 is 0 Å². The van der Waals surface area contributed by atoms with E-state index in [-0.39, 0.29) is 11.7 Å². The Labute approximate surface area is 203 Å². The Kier molecular flexibility index (Phi) is 5.76. The number of nitrogens with one attached hydrogen (secondary N) is 2. The molecular formula is C27H29FN6O. The van der Waals surface area contributed by atoms with E-state index in [2.05, 4.69) is 15.6 Å². The summed E-state index contributed by atoms with van der Waals surface area (Å²) < 4.78 is 15.3. The van der Waals surface area contributed by atoms with Crippen molar-refractivity contribution >= 4 is 17.2 Å². The molecule has 0 saturated heterocycles. The second kappa shape index (κ2) is 8.78. The molecule has 0 aliphatic heterocycles. The number of hydrogen-bond donors (Lipinski definition) is 3. The fourth-order valence-electron chi connectivity index (χ4n) is 3.95. The molecular weight excluding hydrogens is 443 g/mol. The molecule has 35 heavy (non-hydrogen) atoms. The predicted molar refractivity (Wildman–Crippen MR) is 136 cm³/mol. The van der Waals surface area contributed by atoms with Crippen LogP contribution in [0.3, 0.4) is 0 Å². The van der Waals surface area contributed by atoms with Crippen LogP contribution >= 0.6 is 0 Å². The third-order valence-corrected chi connectivity index (χ3v) is 6.02. The molecule has 0 bridgehead atoms. The summed E-state index contributed by atoms with van der Waals surface area (Å²) in [5.41, 5.74) is 11.9. The summed E-state index contributed by atoms with van der Waals surface area (Å²) in [6.45, 7) is 6.35. The fourth-order valence-corrected chi connectivity index (χ4v) is 3.95. The van der Waals surface area contributed by atoms with E-state index in [1.807, 2.05) is 45.0 Å². The van der Waals surface area contributed by atoms with Crippen molar-refractivity contribution in [3.63, 3.8) is 0 Å². The minimum atomic E-state index is -0.431. The van der Waals surface area contributed by atoms with Crippen LogP contribution in [0.5, 0.6) is 0 Å². The van der Waals surface area contributed by atoms with Crippen molar-refractivity contribution < 1.29 is 9.18 Å². The molecule has 5 rings (SSSR count). The first-order chi connectivity index (χ1) is 16.7. The smallest absolute Gasteiger partial charge is 0.251 e. The number of fused-ring (bicyclic) bond motifs is 1.